The van der Waals surface area contributed by atoms with Gasteiger partial charge in [-0.05, 0) is 42.8 Å². The van der Waals surface area contributed by atoms with E-state index in [1.807, 2.05) is 35.9 Å². The molecular weight excluding hydrogens is 486 g/mol. The molecule has 2 aromatic carbocycles. The van der Waals surface area contributed by atoms with Crippen LogP contribution in [0.25, 0.3) is 21.5 Å². The molecule has 1 aliphatic rings. The van der Waals surface area contributed by atoms with Crippen molar-refractivity contribution in [3.05, 3.63) is 70.9 Å². The van der Waals surface area contributed by atoms with Crippen molar-refractivity contribution in [1.82, 2.24) is 14.5 Å². The second kappa shape index (κ2) is 10.7. The fourth-order valence-corrected chi connectivity index (χ4v) is 5.02. The van der Waals surface area contributed by atoms with E-state index in [4.69, 9.17) is 14.5 Å². The number of carbonyl (C=O) groups excluding carboxylic acids is 1. The summed E-state index contributed by atoms with van der Waals surface area (Å²) in [6.45, 7) is 6.69. The zero-order valence-electron chi connectivity index (χ0n) is 19.8. The Kier molecular flexibility index (Phi) is 7.26. The third kappa shape index (κ3) is 5.40. The Balaban J connectivity index is 1.32. The van der Waals surface area contributed by atoms with Crippen molar-refractivity contribution in [2.75, 3.05) is 31.6 Å². The molecule has 0 radical (unpaired) electrons. The predicted molar refractivity (Wildman–Crippen MR) is 135 cm³/mol. The van der Waals surface area contributed by atoms with Gasteiger partial charge in [0.05, 0.1) is 30.1 Å². The van der Waals surface area contributed by atoms with Gasteiger partial charge in [0.25, 0.3) is 0 Å². The average Bonchev–Trinajstić information content (AvgIpc) is 3.49. The maximum absolute atomic E-state index is 13.4. The number of nitrogens with zero attached hydrogens (tertiary/aromatic N) is 3. The molecule has 3 heterocycles. The zero-order valence-corrected chi connectivity index (χ0v) is 20.6. The van der Waals surface area contributed by atoms with E-state index in [1.165, 1.54) is 6.07 Å². The van der Waals surface area contributed by atoms with Crippen LogP contribution in [0.1, 0.15) is 18.2 Å². The van der Waals surface area contributed by atoms with Gasteiger partial charge in [-0.2, -0.15) is 0 Å². The minimum absolute atomic E-state index is 0.175. The number of aromatic nitrogens is 2. The highest BCUT2D eigenvalue weighted by Gasteiger charge is 2.16. The molecule has 1 amide bonds. The number of benzene rings is 2. The number of carbonyl (C=O) groups is 1. The molecule has 10 heteroatoms. The van der Waals surface area contributed by atoms with Crippen LogP contribution in [-0.4, -0.2) is 46.8 Å². The fourth-order valence-electron chi connectivity index (χ4n) is 4.22. The number of thiazole rings is 1. The normalized spacial score (nSPS) is 14.3. The van der Waals surface area contributed by atoms with E-state index in [-0.39, 0.29) is 6.61 Å². The lowest BCUT2D eigenvalue weighted by Gasteiger charge is -2.25. The van der Waals surface area contributed by atoms with Crippen LogP contribution in [0, 0.1) is 11.6 Å². The van der Waals surface area contributed by atoms with Crippen LogP contribution in [0.5, 0.6) is 0 Å². The van der Waals surface area contributed by atoms with Crippen LogP contribution in [0.3, 0.4) is 0 Å². The summed E-state index contributed by atoms with van der Waals surface area (Å²) in [7, 11) is 0. The smallest absolute Gasteiger partial charge is 0.412 e. The zero-order chi connectivity index (χ0) is 25.1. The van der Waals surface area contributed by atoms with E-state index in [2.05, 4.69) is 15.6 Å². The second-order valence-electron chi connectivity index (χ2n) is 8.54. The number of ether oxygens (including phenoxy) is 2. The number of aryl methyl sites for hydroxylation is 1. The van der Waals surface area contributed by atoms with Gasteiger partial charge in [-0.15, -0.1) is 11.3 Å². The number of hydrogen-bond donors (Lipinski definition) is 1. The third-order valence-electron chi connectivity index (χ3n) is 6.10. The van der Waals surface area contributed by atoms with E-state index in [9.17, 15) is 13.6 Å². The highest BCUT2D eigenvalue weighted by atomic mass is 32.1. The largest absolute Gasteiger partial charge is 0.444 e. The fraction of sp³-hybridized carbons (Fsp3) is 0.308. The van der Waals surface area contributed by atoms with Gasteiger partial charge in [-0.1, -0.05) is 6.07 Å². The Labute approximate surface area is 211 Å². The number of hydrogen-bond acceptors (Lipinski definition) is 6. The van der Waals surface area contributed by atoms with Crippen LogP contribution >= 0.6 is 11.3 Å². The number of rotatable bonds is 7. The highest BCUT2D eigenvalue weighted by Crippen LogP contribution is 2.32. The molecule has 0 unspecified atom stereocenters. The first-order valence-electron chi connectivity index (χ1n) is 11.8. The number of fused-ring (bicyclic) bond motifs is 1. The number of halogens is 2. The van der Waals surface area contributed by atoms with Gasteiger partial charge < -0.3 is 14.0 Å². The number of morpholine rings is 1. The van der Waals surface area contributed by atoms with Crippen LogP contribution < -0.4 is 5.32 Å². The molecule has 0 saturated carbocycles. The maximum atomic E-state index is 13.4. The summed E-state index contributed by atoms with van der Waals surface area (Å²) in [5.74, 6) is -1.93. The summed E-state index contributed by atoms with van der Waals surface area (Å²) < 4.78 is 39.2. The van der Waals surface area contributed by atoms with Crippen molar-refractivity contribution in [2.45, 2.75) is 26.6 Å². The van der Waals surface area contributed by atoms with E-state index in [0.29, 0.717) is 11.3 Å². The Morgan fingerprint density at radius 1 is 1.17 bits per heavy atom. The Hall–Kier alpha value is -3.34. The van der Waals surface area contributed by atoms with Crippen LogP contribution in [0.4, 0.5) is 19.3 Å². The maximum Gasteiger partial charge on any atom is 0.412 e. The second-order valence-corrected chi connectivity index (χ2v) is 9.40. The minimum Gasteiger partial charge on any atom is -0.444 e. The standard InChI is InChI=1S/C26H26F2N4O3S/c1-2-32-14-23(30-26(33)35-15-17-3-5-21(27)22(28)11-17)20-12-18(4-6-24(20)32)25-29-19(16-36-25)13-31-7-9-34-10-8-31/h3-6,11-12,14,16H,2,7-10,13,15H2,1H3,(H,30,33). The summed E-state index contributed by atoms with van der Waals surface area (Å²) in [5.41, 5.74) is 3.94. The topological polar surface area (TPSA) is 68.6 Å². The first-order chi connectivity index (χ1) is 17.5. The lowest BCUT2D eigenvalue weighted by Crippen LogP contribution is -2.35. The van der Waals surface area contributed by atoms with Gasteiger partial charge >= 0.3 is 6.09 Å². The summed E-state index contributed by atoms with van der Waals surface area (Å²) in [4.78, 5) is 19.7. The molecule has 0 bridgehead atoms. The molecule has 7 nitrogen and oxygen atoms in total. The molecule has 36 heavy (non-hydrogen) atoms. The summed E-state index contributed by atoms with van der Waals surface area (Å²) in [6, 6.07) is 9.48. The van der Waals surface area contributed by atoms with Crippen molar-refractivity contribution in [3.63, 3.8) is 0 Å². The molecular formula is C26H26F2N4O3S. The van der Waals surface area contributed by atoms with Crippen molar-refractivity contribution >= 4 is 34.0 Å². The summed E-state index contributed by atoms with van der Waals surface area (Å²) in [5, 5.41) is 6.65. The Morgan fingerprint density at radius 2 is 2.00 bits per heavy atom. The van der Waals surface area contributed by atoms with Gasteiger partial charge in [-0.25, -0.2) is 18.6 Å². The molecule has 1 saturated heterocycles. The van der Waals surface area contributed by atoms with Crippen molar-refractivity contribution in [1.29, 1.82) is 0 Å². The van der Waals surface area contributed by atoms with Gasteiger partial charge in [0.1, 0.15) is 11.6 Å². The quantitative estimate of drug-likeness (QED) is 0.347. The molecule has 4 aromatic rings. The number of anilines is 1. The molecule has 2 aromatic heterocycles. The molecule has 1 N–H and O–H groups in total. The lowest BCUT2D eigenvalue weighted by atomic mass is 10.1. The Morgan fingerprint density at radius 3 is 2.78 bits per heavy atom. The van der Waals surface area contributed by atoms with Gasteiger partial charge in [-0.3, -0.25) is 10.2 Å². The first-order valence-corrected chi connectivity index (χ1v) is 12.6. The number of amides is 1. The monoisotopic (exact) mass is 512 g/mol. The molecule has 0 spiro atoms. The molecule has 5 rings (SSSR count). The van der Waals surface area contributed by atoms with Gasteiger partial charge in [0.15, 0.2) is 11.6 Å². The molecule has 1 aliphatic heterocycles. The van der Waals surface area contributed by atoms with E-state index in [0.717, 1.165) is 78.7 Å². The van der Waals surface area contributed by atoms with E-state index in [1.54, 1.807) is 11.3 Å². The van der Waals surface area contributed by atoms with Crippen molar-refractivity contribution in [3.8, 4) is 10.6 Å². The molecule has 188 valence electrons. The van der Waals surface area contributed by atoms with Crippen LogP contribution in [-0.2, 0) is 29.2 Å². The summed E-state index contributed by atoms with van der Waals surface area (Å²) >= 11 is 1.59. The predicted octanol–water partition coefficient (Wildman–Crippen LogP) is 5.64. The summed E-state index contributed by atoms with van der Waals surface area (Å²) in [6.07, 6.45) is 1.18. The lowest BCUT2D eigenvalue weighted by molar-refractivity contribution is 0.0337. The molecule has 0 atom stereocenters. The first kappa shape index (κ1) is 24.4. The number of nitrogens with one attached hydrogen (secondary N) is 1. The van der Waals surface area contributed by atoms with Crippen LogP contribution in [0.15, 0.2) is 48.0 Å². The van der Waals surface area contributed by atoms with Gasteiger partial charge in [0.2, 0.25) is 0 Å². The van der Waals surface area contributed by atoms with Crippen molar-refractivity contribution in [2.24, 2.45) is 0 Å². The van der Waals surface area contributed by atoms with E-state index >= 15 is 0 Å². The Bertz CT molecular complexity index is 1380. The van der Waals surface area contributed by atoms with Crippen LogP contribution in [0.2, 0.25) is 0 Å². The van der Waals surface area contributed by atoms with Gasteiger partial charge in [0, 0.05) is 48.7 Å². The average molecular weight is 513 g/mol. The molecule has 0 aliphatic carbocycles. The van der Waals surface area contributed by atoms with Crippen molar-refractivity contribution < 1.29 is 23.0 Å². The SMILES string of the molecule is CCn1cc(NC(=O)OCc2ccc(F)c(F)c2)c2cc(-c3nc(CN4CCOCC4)cs3)ccc21. The molecule has 1 fully saturated rings. The third-order valence-corrected chi connectivity index (χ3v) is 7.04. The van der Waals surface area contributed by atoms with E-state index < -0.39 is 17.7 Å². The minimum atomic E-state index is -0.981. The highest BCUT2D eigenvalue weighted by molar-refractivity contribution is 7.13.